The maximum Gasteiger partial charge on any atom is 0.416 e. The lowest BCUT2D eigenvalue weighted by molar-refractivity contribution is -0.137. The summed E-state index contributed by atoms with van der Waals surface area (Å²) in [6.07, 6.45) is -2.10. The Hall–Kier alpha value is -2.05. The summed E-state index contributed by atoms with van der Waals surface area (Å²) < 4.78 is 39.8. The predicted octanol–water partition coefficient (Wildman–Crippen LogP) is 2.96. The molecule has 0 aliphatic rings. The number of nitrogens with zero attached hydrogens (tertiary/aromatic N) is 3. The van der Waals surface area contributed by atoms with Crippen LogP contribution < -0.4 is 5.73 Å². The summed E-state index contributed by atoms with van der Waals surface area (Å²) >= 11 is 0. The molecule has 0 saturated carbocycles. The van der Waals surface area contributed by atoms with Crippen LogP contribution in [0.1, 0.15) is 18.9 Å². The number of aryl methyl sites for hydroxylation is 1. The van der Waals surface area contributed by atoms with E-state index in [4.69, 9.17) is 5.73 Å². The number of aromatic nitrogens is 3. The second kappa shape index (κ2) is 4.91. The van der Waals surface area contributed by atoms with Crippen molar-refractivity contribution < 1.29 is 13.2 Å². The van der Waals surface area contributed by atoms with Gasteiger partial charge < -0.3 is 10.3 Å². The average molecular weight is 270 g/mol. The van der Waals surface area contributed by atoms with Gasteiger partial charge in [0.1, 0.15) is 6.33 Å². The van der Waals surface area contributed by atoms with E-state index in [-0.39, 0.29) is 11.3 Å². The maximum atomic E-state index is 12.7. The normalized spacial score (nSPS) is 11.8. The SMILES string of the molecule is CCCn1cnnc1-c1cc(C(F)(F)F)ccc1N. The van der Waals surface area contributed by atoms with Crippen LogP contribution in [0.2, 0.25) is 0 Å². The molecule has 1 aromatic heterocycles. The van der Waals surface area contributed by atoms with Crippen molar-refractivity contribution in [1.29, 1.82) is 0 Å². The minimum atomic E-state index is -4.40. The number of nitrogens with two attached hydrogens (primary N) is 1. The highest BCUT2D eigenvalue weighted by Gasteiger charge is 2.31. The Morgan fingerprint density at radius 2 is 2.05 bits per heavy atom. The van der Waals surface area contributed by atoms with Gasteiger partial charge in [0, 0.05) is 17.8 Å². The van der Waals surface area contributed by atoms with Crippen LogP contribution in [0.3, 0.4) is 0 Å². The van der Waals surface area contributed by atoms with Crippen molar-refractivity contribution in [2.75, 3.05) is 5.73 Å². The van der Waals surface area contributed by atoms with E-state index in [9.17, 15) is 13.2 Å². The van der Waals surface area contributed by atoms with Crippen molar-refractivity contribution in [3.05, 3.63) is 30.1 Å². The van der Waals surface area contributed by atoms with Gasteiger partial charge in [-0.15, -0.1) is 10.2 Å². The molecule has 2 aromatic rings. The molecule has 2 N–H and O–H groups in total. The Morgan fingerprint density at radius 1 is 1.32 bits per heavy atom. The van der Waals surface area contributed by atoms with Gasteiger partial charge in [0.25, 0.3) is 0 Å². The predicted molar refractivity (Wildman–Crippen MR) is 65.2 cm³/mol. The number of nitrogen functional groups attached to an aromatic ring is 1. The van der Waals surface area contributed by atoms with Crippen LogP contribution in [0.5, 0.6) is 0 Å². The van der Waals surface area contributed by atoms with E-state index >= 15 is 0 Å². The second-order valence-corrected chi connectivity index (χ2v) is 4.15. The molecule has 0 unspecified atom stereocenters. The number of rotatable bonds is 3. The molecule has 0 aliphatic carbocycles. The Balaban J connectivity index is 2.52. The fourth-order valence-corrected chi connectivity index (χ4v) is 1.79. The van der Waals surface area contributed by atoms with Crippen LogP contribution in [0.25, 0.3) is 11.4 Å². The first kappa shape index (κ1) is 13.4. The zero-order valence-electron chi connectivity index (χ0n) is 10.3. The highest BCUT2D eigenvalue weighted by molar-refractivity contribution is 5.72. The molecule has 1 aromatic carbocycles. The van der Waals surface area contributed by atoms with Gasteiger partial charge in [0.15, 0.2) is 5.82 Å². The third-order valence-corrected chi connectivity index (χ3v) is 2.70. The first-order chi connectivity index (χ1) is 8.93. The first-order valence-electron chi connectivity index (χ1n) is 5.78. The monoisotopic (exact) mass is 270 g/mol. The number of alkyl halides is 3. The Labute approximate surface area is 108 Å². The minimum Gasteiger partial charge on any atom is -0.398 e. The fourth-order valence-electron chi connectivity index (χ4n) is 1.79. The van der Waals surface area contributed by atoms with Crippen LogP contribution in [-0.4, -0.2) is 14.8 Å². The molecular formula is C12H13F3N4. The standard InChI is InChI=1S/C12H13F3N4/c1-2-5-19-7-17-18-11(19)9-6-8(12(13,14)15)3-4-10(9)16/h3-4,6-7H,2,5,16H2,1H3. The first-order valence-corrected chi connectivity index (χ1v) is 5.78. The lowest BCUT2D eigenvalue weighted by Crippen LogP contribution is -2.07. The van der Waals surface area contributed by atoms with Crippen molar-refractivity contribution in [1.82, 2.24) is 14.8 Å². The molecule has 7 heteroatoms. The second-order valence-electron chi connectivity index (χ2n) is 4.15. The lowest BCUT2D eigenvalue weighted by atomic mass is 10.1. The van der Waals surface area contributed by atoms with Crippen LogP contribution in [0, 0.1) is 0 Å². The molecule has 0 atom stereocenters. The Kier molecular flexibility index (Phi) is 3.46. The van der Waals surface area contributed by atoms with Crippen LogP contribution in [0.4, 0.5) is 18.9 Å². The maximum absolute atomic E-state index is 12.7. The van der Waals surface area contributed by atoms with E-state index in [1.165, 1.54) is 12.4 Å². The number of anilines is 1. The summed E-state index contributed by atoms with van der Waals surface area (Å²) in [5.41, 5.74) is 5.49. The van der Waals surface area contributed by atoms with Gasteiger partial charge in [-0.1, -0.05) is 6.92 Å². The van der Waals surface area contributed by atoms with Gasteiger partial charge >= 0.3 is 6.18 Å². The molecule has 4 nitrogen and oxygen atoms in total. The molecule has 0 radical (unpaired) electrons. The van der Waals surface area contributed by atoms with Crippen molar-refractivity contribution in [3.63, 3.8) is 0 Å². The highest BCUT2D eigenvalue weighted by atomic mass is 19.4. The summed E-state index contributed by atoms with van der Waals surface area (Å²) in [5.74, 6) is 0.352. The van der Waals surface area contributed by atoms with Crippen molar-refractivity contribution in [2.45, 2.75) is 26.1 Å². The molecule has 1 heterocycles. The third-order valence-electron chi connectivity index (χ3n) is 2.70. The van der Waals surface area contributed by atoms with Crippen molar-refractivity contribution in [2.24, 2.45) is 0 Å². The summed E-state index contributed by atoms with van der Waals surface area (Å²) in [6.45, 7) is 2.58. The smallest absolute Gasteiger partial charge is 0.398 e. The number of benzene rings is 1. The van der Waals surface area contributed by atoms with Crippen LogP contribution in [-0.2, 0) is 12.7 Å². The Morgan fingerprint density at radius 3 is 2.68 bits per heavy atom. The van der Waals surface area contributed by atoms with E-state index < -0.39 is 11.7 Å². The van der Waals surface area contributed by atoms with Gasteiger partial charge in [-0.25, -0.2) is 0 Å². The molecule has 0 fully saturated rings. The summed E-state index contributed by atoms with van der Waals surface area (Å²) in [7, 11) is 0. The highest BCUT2D eigenvalue weighted by Crippen LogP contribution is 2.34. The van der Waals surface area contributed by atoms with Crippen molar-refractivity contribution in [3.8, 4) is 11.4 Å². The van der Waals surface area contributed by atoms with Gasteiger partial charge in [0.2, 0.25) is 0 Å². The summed E-state index contributed by atoms with van der Waals surface area (Å²) in [4.78, 5) is 0. The van der Waals surface area contributed by atoms with E-state index in [0.29, 0.717) is 12.4 Å². The van der Waals surface area contributed by atoms with Crippen LogP contribution >= 0.6 is 0 Å². The topological polar surface area (TPSA) is 56.7 Å². The van der Waals surface area contributed by atoms with Gasteiger partial charge in [0.05, 0.1) is 5.56 Å². The Bertz CT molecular complexity index is 575. The minimum absolute atomic E-state index is 0.248. The zero-order valence-corrected chi connectivity index (χ0v) is 10.3. The third kappa shape index (κ3) is 2.69. The molecule has 0 aliphatic heterocycles. The van der Waals surface area contributed by atoms with Gasteiger partial charge in [-0.05, 0) is 24.6 Å². The molecule has 19 heavy (non-hydrogen) atoms. The van der Waals surface area contributed by atoms with Gasteiger partial charge in [-0.3, -0.25) is 0 Å². The lowest BCUT2D eigenvalue weighted by Gasteiger charge is -2.11. The van der Waals surface area contributed by atoms with Crippen molar-refractivity contribution >= 4 is 5.69 Å². The van der Waals surface area contributed by atoms with E-state index in [2.05, 4.69) is 10.2 Å². The van der Waals surface area contributed by atoms with Gasteiger partial charge in [-0.2, -0.15) is 13.2 Å². The molecule has 0 saturated heterocycles. The quantitative estimate of drug-likeness (QED) is 0.872. The van der Waals surface area contributed by atoms with Crippen LogP contribution in [0.15, 0.2) is 24.5 Å². The molecule has 0 amide bonds. The largest absolute Gasteiger partial charge is 0.416 e. The van der Waals surface area contributed by atoms with E-state index in [1.54, 1.807) is 4.57 Å². The summed E-state index contributed by atoms with van der Waals surface area (Å²) in [6, 6.07) is 3.20. The van der Waals surface area contributed by atoms with E-state index in [0.717, 1.165) is 18.6 Å². The number of hydrogen-bond donors (Lipinski definition) is 1. The molecule has 0 bridgehead atoms. The number of halogens is 3. The molecular weight excluding hydrogens is 257 g/mol. The number of hydrogen-bond acceptors (Lipinski definition) is 3. The van der Waals surface area contributed by atoms with E-state index in [1.807, 2.05) is 6.92 Å². The molecule has 102 valence electrons. The molecule has 2 rings (SSSR count). The fraction of sp³-hybridized carbons (Fsp3) is 0.333. The average Bonchev–Trinajstić information content (AvgIpc) is 2.77. The molecule has 0 spiro atoms. The zero-order chi connectivity index (χ0) is 14.0. The summed E-state index contributed by atoms with van der Waals surface area (Å²) in [5, 5.41) is 7.58.